The van der Waals surface area contributed by atoms with Crippen LogP contribution in [0.3, 0.4) is 0 Å². The van der Waals surface area contributed by atoms with Crippen molar-refractivity contribution >= 4 is 24.2 Å². The van der Waals surface area contributed by atoms with E-state index in [1.807, 2.05) is 13.8 Å². The molecule has 118 valence electrons. The Labute approximate surface area is 126 Å². The second kappa shape index (κ2) is 9.15. The Bertz CT molecular complexity index is 326. The van der Waals surface area contributed by atoms with Crippen LogP contribution in [-0.2, 0) is 14.3 Å². The van der Waals surface area contributed by atoms with Gasteiger partial charge in [-0.2, -0.15) is 0 Å². The van der Waals surface area contributed by atoms with E-state index in [0.29, 0.717) is 38.6 Å². The number of rotatable bonds is 5. The van der Waals surface area contributed by atoms with E-state index >= 15 is 0 Å². The Morgan fingerprint density at radius 2 is 2.10 bits per heavy atom. The first-order valence-electron chi connectivity index (χ1n) is 6.80. The van der Waals surface area contributed by atoms with Crippen molar-refractivity contribution in [2.75, 3.05) is 26.2 Å². The highest BCUT2D eigenvalue weighted by Crippen LogP contribution is 2.10. The molecule has 1 aliphatic rings. The summed E-state index contributed by atoms with van der Waals surface area (Å²) >= 11 is 0. The molecule has 0 radical (unpaired) electrons. The van der Waals surface area contributed by atoms with Gasteiger partial charge in [-0.25, -0.2) is 0 Å². The summed E-state index contributed by atoms with van der Waals surface area (Å²) in [6.45, 7) is 7.54. The maximum atomic E-state index is 12.2. The molecule has 1 unspecified atom stereocenters. The van der Waals surface area contributed by atoms with Gasteiger partial charge in [0, 0.05) is 26.6 Å². The lowest BCUT2D eigenvalue weighted by molar-refractivity contribution is -0.140. The van der Waals surface area contributed by atoms with Crippen molar-refractivity contribution in [2.24, 2.45) is 11.7 Å². The fraction of sp³-hybridized carbons (Fsp3) is 0.846. The first-order valence-corrected chi connectivity index (χ1v) is 6.80. The summed E-state index contributed by atoms with van der Waals surface area (Å²) in [5.41, 5.74) is 5.91. The number of amides is 2. The summed E-state index contributed by atoms with van der Waals surface area (Å²) in [7, 11) is 0. The van der Waals surface area contributed by atoms with Crippen LogP contribution in [0.15, 0.2) is 0 Å². The van der Waals surface area contributed by atoms with Gasteiger partial charge in [0.05, 0.1) is 18.8 Å². The summed E-state index contributed by atoms with van der Waals surface area (Å²) in [6, 6.07) is -0.445. The average Bonchev–Trinajstić information content (AvgIpc) is 2.35. The Hall–Kier alpha value is -0.850. The number of ether oxygens (including phenoxy) is 1. The van der Waals surface area contributed by atoms with E-state index in [9.17, 15) is 9.59 Å². The van der Waals surface area contributed by atoms with Crippen molar-refractivity contribution < 1.29 is 14.3 Å². The van der Waals surface area contributed by atoms with Gasteiger partial charge in [0.2, 0.25) is 11.8 Å². The minimum Gasteiger partial charge on any atom is -0.373 e. The molecule has 3 N–H and O–H groups in total. The van der Waals surface area contributed by atoms with Gasteiger partial charge >= 0.3 is 0 Å². The van der Waals surface area contributed by atoms with Crippen molar-refractivity contribution in [1.29, 1.82) is 0 Å². The van der Waals surface area contributed by atoms with Gasteiger partial charge in [-0.3, -0.25) is 9.59 Å². The molecule has 0 aromatic heterocycles. The fourth-order valence-electron chi connectivity index (χ4n) is 2.14. The maximum Gasteiger partial charge on any atom is 0.239 e. The standard InChI is InChI=1S/C13H25N3O3.ClH/c1-9(2)6-12(14)13(18)16-4-5-19-11(8-16)7-15-10(3)17;/h9,11-12H,4-8,14H2,1-3H3,(H,15,17);1H/t11?,12-;/m0./s1. The second-order valence-electron chi connectivity index (χ2n) is 5.45. The number of nitrogens with one attached hydrogen (secondary N) is 1. The first kappa shape index (κ1) is 19.1. The van der Waals surface area contributed by atoms with Crippen LogP contribution >= 0.6 is 12.4 Å². The normalized spacial score (nSPS) is 20.2. The number of hydrogen-bond acceptors (Lipinski definition) is 4. The van der Waals surface area contributed by atoms with E-state index in [1.54, 1.807) is 4.90 Å². The Morgan fingerprint density at radius 1 is 1.45 bits per heavy atom. The highest BCUT2D eigenvalue weighted by molar-refractivity contribution is 5.85. The molecular weight excluding hydrogens is 282 g/mol. The lowest BCUT2D eigenvalue weighted by atomic mass is 10.0. The smallest absolute Gasteiger partial charge is 0.239 e. The summed E-state index contributed by atoms with van der Waals surface area (Å²) < 4.78 is 5.52. The average molecular weight is 308 g/mol. The number of morpholine rings is 1. The highest BCUT2D eigenvalue weighted by Gasteiger charge is 2.27. The number of halogens is 1. The molecule has 7 heteroatoms. The van der Waals surface area contributed by atoms with Crippen LogP contribution in [0.2, 0.25) is 0 Å². The summed E-state index contributed by atoms with van der Waals surface area (Å²) in [5, 5.41) is 2.70. The number of nitrogens with zero attached hydrogens (tertiary/aromatic N) is 1. The molecule has 1 saturated heterocycles. The molecule has 0 bridgehead atoms. The van der Waals surface area contributed by atoms with Gasteiger partial charge in [0.25, 0.3) is 0 Å². The molecule has 0 aromatic carbocycles. The van der Waals surface area contributed by atoms with E-state index in [4.69, 9.17) is 10.5 Å². The molecule has 0 saturated carbocycles. The van der Waals surface area contributed by atoms with Gasteiger partial charge in [0.1, 0.15) is 0 Å². The van der Waals surface area contributed by atoms with Crippen LogP contribution in [0.5, 0.6) is 0 Å². The number of hydrogen-bond donors (Lipinski definition) is 2. The zero-order chi connectivity index (χ0) is 14.4. The second-order valence-corrected chi connectivity index (χ2v) is 5.45. The van der Waals surface area contributed by atoms with Crippen LogP contribution in [0.4, 0.5) is 0 Å². The Morgan fingerprint density at radius 3 is 2.65 bits per heavy atom. The third kappa shape index (κ3) is 6.54. The van der Waals surface area contributed by atoms with Crippen molar-refractivity contribution in [2.45, 2.75) is 39.3 Å². The zero-order valence-corrected chi connectivity index (χ0v) is 13.2. The SMILES string of the molecule is CC(=O)NCC1CN(C(=O)[C@@H](N)CC(C)C)CCO1.Cl. The molecule has 0 aliphatic carbocycles. The van der Waals surface area contributed by atoms with E-state index in [1.165, 1.54) is 6.92 Å². The molecule has 2 amide bonds. The van der Waals surface area contributed by atoms with E-state index < -0.39 is 6.04 Å². The van der Waals surface area contributed by atoms with Crippen LogP contribution in [-0.4, -0.2) is 55.1 Å². The minimum atomic E-state index is -0.445. The van der Waals surface area contributed by atoms with Gasteiger partial charge < -0.3 is 20.7 Å². The van der Waals surface area contributed by atoms with Crippen LogP contribution in [0.1, 0.15) is 27.2 Å². The van der Waals surface area contributed by atoms with Crippen LogP contribution in [0.25, 0.3) is 0 Å². The predicted octanol–water partition coefficient (Wildman–Crippen LogP) is 0.145. The molecule has 1 rings (SSSR count). The molecule has 0 aromatic rings. The number of nitrogens with two attached hydrogens (primary N) is 1. The van der Waals surface area contributed by atoms with Crippen molar-refractivity contribution in [1.82, 2.24) is 10.2 Å². The van der Waals surface area contributed by atoms with Crippen molar-refractivity contribution in [3.63, 3.8) is 0 Å². The maximum absolute atomic E-state index is 12.2. The van der Waals surface area contributed by atoms with E-state index in [2.05, 4.69) is 5.32 Å². The lowest BCUT2D eigenvalue weighted by Gasteiger charge is -2.34. The molecule has 0 spiro atoms. The van der Waals surface area contributed by atoms with E-state index in [0.717, 1.165) is 0 Å². The molecule has 2 atom stereocenters. The molecular formula is C13H26ClN3O3. The Balaban J connectivity index is 0.00000361. The third-order valence-corrected chi connectivity index (χ3v) is 3.07. The van der Waals surface area contributed by atoms with Gasteiger partial charge in [-0.15, -0.1) is 12.4 Å². The first-order chi connectivity index (χ1) is 8.90. The molecule has 1 heterocycles. The zero-order valence-electron chi connectivity index (χ0n) is 12.4. The molecule has 1 fully saturated rings. The van der Waals surface area contributed by atoms with Gasteiger partial charge in [-0.05, 0) is 12.3 Å². The topological polar surface area (TPSA) is 84.7 Å². The molecule has 1 aliphatic heterocycles. The van der Waals surface area contributed by atoms with E-state index in [-0.39, 0.29) is 30.3 Å². The van der Waals surface area contributed by atoms with Crippen molar-refractivity contribution in [3.8, 4) is 0 Å². The quantitative estimate of drug-likeness (QED) is 0.757. The monoisotopic (exact) mass is 307 g/mol. The number of carbonyl (C=O) groups is 2. The van der Waals surface area contributed by atoms with Gasteiger partial charge in [0.15, 0.2) is 0 Å². The summed E-state index contributed by atoms with van der Waals surface area (Å²) in [5.74, 6) is 0.281. The summed E-state index contributed by atoms with van der Waals surface area (Å²) in [4.78, 5) is 24.8. The largest absolute Gasteiger partial charge is 0.373 e. The Kier molecular flexibility index (Phi) is 8.76. The fourth-order valence-corrected chi connectivity index (χ4v) is 2.14. The predicted molar refractivity (Wildman–Crippen MR) is 79.7 cm³/mol. The third-order valence-electron chi connectivity index (χ3n) is 3.07. The van der Waals surface area contributed by atoms with Crippen molar-refractivity contribution in [3.05, 3.63) is 0 Å². The molecule has 6 nitrogen and oxygen atoms in total. The van der Waals surface area contributed by atoms with Gasteiger partial charge in [-0.1, -0.05) is 13.8 Å². The lowest BCUT2D eigenvalue weighted by Crippen LogP contribution is -2.53. The summed E-state index contributed by atoms with van der Waals surface area (Å²) in [6.07, 6.45) is 0.542. The molecule has 20 heavy (non-hydrogen) atoms. The highest BCUT2D eigenvalue weighted by atomic mass is 35.5. The van der Waals surface area contributed by atoms with Crippen LogP contribution in [0, 0.1) is 5.92 Å². The minimum absolute atomic E-state index is 0. The van der Waals surface area contributed by atoms with Crippen LogP contribution < -0.4 is 11.1 Å². The number of carbonyl (C=O) groups excluding carboxylic acids is 2.